The van der Waals surface area contributed by atoms with Gasteiger partial charge in [-0.3, -0.25) is 10.1 Å². The van der Waals surface area contributed by atoms with Gasteiger partial charge in [-0.25, -0.2) is 39.7 Å². The lowest BCUT2D eigenvalue weighted by Gasteiger charge is -2.27. The maximum atomic E-state index is 12.2. The minimum atomic E-state index is -0.526. The second-order valence-electron chi connectivity index (χ2n) is 33.5. The molecule has 20 heterocycles. The molecule has 0 unspecified atom stereocenters. The maximum absolute atomic E-state index is 12.2. The molecule has 732 valence electrons. The monoisotopic (exact) mass is 2500 g/mol. The second-order valence-corrected chi connectivity index (χ2v) is 41.7. The summed E-state index contributed by atoms with van der Waals surface area (Å²) in [6.07, 6.45) is 20.8. The van der Waals surface area contributed by atoms with Gasteiger partial charge in [-0.2, -0.15) is 67.3 Å². The second kappa shape index (κ2) is 43.2. The fraction of sp³-hybridized carbons (Fsp3) is 0.380. The standard InChI is InChI=1S/C17H20N8O.C12H16Br2N6.2C10H12Br2N6.2C10H12BrClN6.C10H12BrN7O2/c18-11-6-7-24(10-11)15-8-14(19)25-16(23-15)13(9-20-25)22-17(26)21-12-4-2-1-3-5-12;13-8-5-17-20-10(16)9(14)11(19-12(8)20)18-7-3-1-6(15)2-4-7;4*11-6-3-15-18-8(14)7(12)10(16-9(6)18)17-2-1-5(13)4-17;11-7-8(13)17-9(6(3-14-17)18(19)20)15-10(7)16-2-1-5(12)4-16/h1-5,8-9,11H,6-7,10,18-19H2,(H2,21,22,26);5-7H,1-4,15-16H2,(H,18,19);4*3,5H,1-2,4,13-14H2;3,5H,1-2,4,12-13H2/t11-;;5*5-/m0.10100/s1. The lowest BCUT2D eigenvalue weighted by Crippen LogP contribution is -2.33. The third kappa shape index (κ3) is 21.7. The molecule has 2 amide bonds. The van der Waals surface area contributed by atoms with Crippen molar-refractivity contribution in [3.8, 4) is 0 Å². The van der Waals surface area contributed by atoms with Gasteiger partial charge in [0, 0.05) is 139 Å². The zero-order valence-corrected chi connectivity index (χ0v) is 89.0. The summed E-state index contributed by atoms with van der Waals surface area (Å²) < 4.78 is 17.5. The summed E-state index contributed by atoms with van der Waals surface area (Å²) >= 11 is 43.4. The number of fused-ring (bicyclic) bond motifs is 7. The number of aromatic nitrogens is 21. The van der Waals surface area contributed by atoms with Crippen LogP contribution in [0.15, 0.2) is 120 Å². The van der Waals surface area contributed by atoms with E-state index in [0.29, 0.717) is 131 Å². The van der Waals surface area contributed by atoms with Crippen LogP contribution in [0.5, 0.6) is 0 Å². The average molecular weight is 2510 g/mol. The number of halogens is 11. The summed E-state index contributed by atoms with van der Waals surface area (Å²) in [5, 5.41) is 49.7. The summed E-state index contributed by atoms with van der Waals surface area (Å²) in [6.45, 7) is 9.51. The van der Waals surface area contributed by atoms with Crippen LogP contribution >= 0.6 is 167 Å². The van der Waals surface area contributed by atoms with Crippen LogP contribution in [0, 0.1) is 10.1 Å². The van der Waals surface area contributed by atoms with Gasteiger partial charge in [0.1, 0.15) is 110 Å². The first-order chi connectivity index (χ1) is 65.9. The Bertz CT molecular complexity index is 6590. The van der Waals surface area contributed by atoms with Crippen LogP contribution in [-0.2, 0) is 0 Å². The van der Waals surface area contributed by atoms with E-state index < -0.39 is 4.92 Å². The highest BCUT2D eigenvalue weighted by atomic mass is 79.9. The Hall–Kier alpha value is -9.95. The molecule has 15 aromatic rings. The third-order valence-corrected chi connectivity index (χ3v) is 30.2. The van der Waals surface area contributed by atoms with Crippen LogP contribution in [0.3, 0.4) is 0 Å². The highest BCUT2D eigenvalue weighted by Crippen LogP contribution is 2.42. The number of nitrogens with zero attached hydrogens (tertiary/aromatic N) is 28. The van der Waals surface area contributed by atoms with E-state index in [9.17, 15) is 14.9 Å². The van der Waals surface area contributed by atoms with Crippen molar-refractivity contribution in [2.45, 2.75) is 113 Å². The van der Waals surface area contributed by atoms with Crippen LogP contribution < -0.4 is 126 Å². The lowest BCUT2D eigenvalue weighted by molar-refractivity contribution is -0.383. The molecule has 6 aliphatic heterocycles. The van der Waals surface area contributed by atoms with Gasteiger partial charge < -0.3 is 126 Å². The van der Waals surface area contributed by atoms with Gasteiger partial charge in [0.2, 0.25) is 5.65 Å². The van der Waals surface area contributed by atoms with Crippen LogP contribution in [0.1, 0.15) is 64.2 Å². The number of urea groups is 1. The molecule has 22 rings (SSSR count). The molecule has 48 nitrogen and oxygen atoms in total. The summed E-state index contributed by atoms with van der Waals surface area (Å²) in [7, 11) is 0. The number of hydrogen-bond acceptors (Lipinski definition) is 38. The van der Waals surface area contributed by atoms with Crippen molar-refractivity contribution in [1.29, 1.82) is 0 Å². The van der Waals surface area contributed by atoms with Crippen molar-refractivity contribution < 1.29 is 9.72 Å². The molecule has 1 aliphatic carbocycles. The first-order valence-electron chi connectivity index (χ1n) is 43.2. The van der Waals surface area contributed by atoms with E-state index in [1.807, 2.05) is 23.1 Å². The summed E-state index contributed by atoms with van der Waals surface area (Å²) in [6, 6.07) is 12.2. The zero-order valence-electron chi connectivity index (χ0n) is 73.2. The minimum absolute atomic E-state index is 0.0704. The van der Waals surface area contributed by atoms with E-state index in [0.717, 1.165) is 201 Å². The fourth-order valence-corrected chi connectivity index (χ4v) is 20.5. The quantitative estimate of drug-likeness (QED) is 0.0423. The molecular weight excluding hydrogens is 2420 g/mol. The van der Waals surface area contributed by atoms with E-state index in [-0.39, 0.29) is 59.4 Å². The Morgan fingerprint density at radius 1 is 0.362 bits per heavy atom. The van der Waals surface area contributed by atoms with Crippen molar-refractivity contribution in [3.63, 3.8) is 0 Å². The van der Waals surface area contributed by atoms with Crippen molar-refractivity contribution in [1.82, 2.24) is 102 Å². The van der Waals surface area contributed by atoms with E-state index in [1.165, 1.54) is 24.3 Å². The predicted octanol–water partition coefficient (Wildman–Crippen LogP) is 9.81. The number of carbonyl (C=O) groups excluding carboxylic acids is 1. The van der Waals surface area contributed by atoms with Gasteiger partial charge in [-0.05, 0) is 220 Å². The minimum Gasteiger partial charge on any atom is -0.383 e. The van der Waals surface area contributed by atoms with Gasteiger partial charge in [0.25, 0.3) is 0 Å². The molecule has 0 spiro atoms. The highest BCUT2D eigenvalue weighted by molar-refractivity contribution is 9.12. The number of rotatable bonds is 11. The van der Waals surface area contributed by atoms with Crippen molar-refractivity contribution in [3.05, 3.63) is 140 Å². The number of nitrogen functional groups attached to an aromatic ring is 7. The largest absolute Gasteiger partial charge is 0.383 e. The molecule has 1 aromatic carbocycles. The van der Waals surface area contributed by atoms with Crippen molar-refractivity contribution in [2.24, 2.45) is 40.1 Å². The Kier molecular flexibility index (Phi) is 31.7. The van der Waals surface area contributed by atoms with Gasteiger partial charge in [-0.1, -0.05) is 41.4 Å². The van der Waals surface area contributed by atoms with Crippen molar-refractivity contribution in [2.75, 3.05) is 164 Å². The number of nitrogens with two attached hydrogens (primary N) is 14. The number of benzene rings is 1. The molecule has 138 heavy (non-hydrogen) atoms. The van der Waals surface area contributed by atoms with E-state index in [2.05, 4.69) is 254 Å². The first kappa shape index (κ1) is 101. The SMILES string of the molecule is Nc1c(Br)c(N2CC[C@@H](N)C2)nc2c(Br)cnn12.Nc1c(Br)c(N2CC[C@H](N)C2)nc2c(Br)cnn12.Nc1c(Br)c(N2CC[C@H](N)C2)nc2c([N+](=O)[O-])cnn12.Nc1c(Br)c(NC2CCC(N)CC2)nc2c(Br)cnn12.Nc1c(Cl)c(N2CC[C@@H](N)C2)nc2c(Br)cnn12.Nc1c(Cl)c(N2CC[C@H](N)C2)nc2c(Br)cnn12.Nc1cc(N2CC[C@H](N)C2)nc2c(NC(=O)Nc3ccccc3)cnn12. The highest BCUT2D eigenvalue weighted by Gasteiger charge is 2.34. The molecule has 0 radical (unpaired) electrons. The lowest BCUT2D eigenvalue weighted by atomic mass is 9.92. The number of carbonyl (C=O) groups is 1. The van der Waals surface area contributed by atoms with Crippen LogP contribution in [-0.4, -0.2) is 240 Å². The molecule has 14 aromatic heterocycles. The molecule has 7 aliphatic rings. The maximum Gasteiger partial charge on any atom is 0.333 e. The Balaban J connectivity index is 0.000000117. The molecular formula is C79H96Br9Cl2N45O3. The van der Waals surface area contributed by atoms with Gasteiger partial charge in [-0.15, -0.1) is 0 Å². The molecule has 0 bridgehead atoms. The van der Waals surface area contributed by atoms with Gasteiger partial charge in [0.15, 0.2) is 45.5 Å². The number of amides is 2. The number of nitro groups is 1. The molecule has 6 atom stereocenters. The Morgan fingerprint density at radius 3 is 1.07 bits per heavy atom. The summed E-state index contributed by atoms with van der Waals surface area (Å²) in [5.74, 6) is 8.19. The smallest absolute Gasteiger partial charge is 0.333 e. The van der Waals surface area contributed by atoms with Gasteiger partial charge in [0.05, 0.1) is 64.5 Å². The van der Waals surface area contributed by atoms with E-state index in [4.69, 9.17) is 103 Å². The first-order valence-corrected chi connectivity index (χ1v) is 51.1. The normalized spacial score (nSPS) is 19.7. The summed E-state index contributed by atoms with van der Waals surface area (Å²) in [4.78, 5) is 67.0. The topological polar surface area (TPSA) is 691 Å². The van der Waals surface area contributed by atoms with Crippen molar-refractivity contribution >= 4 is 311 Å². The molecule has 31 N–H and O–H groups in total. The molecule has 7 fully saturated rings. The van der Waals surface area contributed by atoms with E-state index >= 15 is 0 Å². The number of nitrogens with one attached hydrogen (secondary N) is 3. The molecule has 1 saturated carbocycles. The third-order valence-electron chi connectivity index (χ3n) is 23.7. The summed E-state index contributed by atoms with van der Waals surface area (Å²) in [5.41, 5.74) is 88.8. The molecule has 6 saturated heterocycles. The fourth-order valence-electron chi connectivity index (χ4n) is 16.4. The molecule has 59 heteroatoms. The number of para-hydroxylation sites is 1. The Labute approximate surface area is 871 Å². The number of hydrogen-bond donors (Lipinski definition) is 17. The van der Waals surface area contributed by atoms with Crippen LogP contribution in [0.25, 0.3) is 39.5 Å². The van der Waals surface area contributed by atoms with Crippen LogP contribution in [0.2, 0.25) is 10.0 Å². The van der Waals surface area contributed by atoms with E-state index in [1.54, 1.807) is 62.7 Å². The zero-order chi connectivity index (χ0) is 98.3. The predicted molar refractivity (Wildman–Crippen MR) is 570 cm³/mol. The Morgan fingerprint density at radius 2 is 0.688 bits per heavy atom. The average Bonchev–Trinajstić information content (AvgIpc) is 1.58. The number of anilines is 16. The van der Waals surface area contributed by atoms with Gasteiger partial charge >= 0.3 is 11.7 Å². The van der Waals surface area contributed by atoms with Crippen LogP contribution in [0.4, 0.5) is 103 Å².